The second-order valence-corrected chi connectivity index (χ2v) is 2.84. The number of alkyl halides is 2. The zero-order valence-electron chi connectivity index (χ0n) is 6.85. The van der Waals surface area contributed by atoms with E-state index in [0.717, 1.165) is 0 Å². The van der Waals surface area contributed by atoms with Gasteiger partial charge in [-0.25, -0.2) is 9.59 Å². The van der Waals surface area contributed by atoms with Crippen LogP contribution in [0.15, 0.2) is 0 Å². The van der Waals surface area contributed by atoms with Gasteiger partial charge in [0.1, 0.15) is 0 Å². The molecule has 7 nitrogen and oxygen atoms in total. The summed E-state index contributed by atoms with van der Waals surface area (Å²) in [6.45, 7) is 0. The fraction of sp³-hybridized carbons (Fsp3) is 0.333. The molecule has 0 atom stereocenters. The molecule has 0 aromatic rings. The Bertz CT molecular complexity index is 179. The third-order valence-corrected chi connectivity index (χ3v) is 1.18. The van der Waals surface area contributed by atoms with Crippen molar-refractivity contribution in [3.05, 3.63) is 0 Å². The van der Waals surface area contributed by atoms with E-state index in [-0.39, 0.29) is 18.9 Å². The molecule has 0 aromatic carbocycles. The third kappa shape index (κ3) is 10.1. The molecule has 0 aliphatic rings. The molecule has 4 N–H and O–H groups in total. The molecule has 0 radical (unpaired) electrons. The van der Waals surface area contributed by atoms with Gasteiger partial charge in [0.2, 0.25) is 0 Å². The van der Waals surface area contributed by atoms with Gasteiger partial charge in [0.25, 0.3) is 0 Å². The number of carboxylic acids is 2. The van der Waals surface area contributed by atoms with E-state index in [9.17, 15) is 9.59 Å². The zero-order chi connectivity index (χ0) is 11.2. The number of hydrogen-bond donors (Lipinski definition) is 4. The molecule has 0 amide bonds. The summed E-state index contributed by atoms with van der Waals surface area (Å²) in [6.07, 6.45) is 0. The Morgan fingerprint density at radius 2 is 1.29 bits per heavy atom. The van der Waals surface area contributed by atoms with Crippen LogP contribution in [0, 0.1) is 0 Å². The van der Waals surface area contributed by atoms with Crippen LogP contribution in [0.3, 0.4) is 0 Å². The van der Waals surface area contributed by atoms with Crippen molar-refractivity contribution in [1.82, 2.24) is 0 Å². The van der Waals surface area contributed by atoms with Gasteiger partial charge < -0.3 is 25.3 Å². The van der Waals surface area contributed by atoms with Crippen LogP contribution in [-0.2, 0) is 9.59 Å². The molecule has 76 valence electrons. The number of rotatable bonds is 2. The van der Waals surface area contributed by atoms with E-state index < -0.39 is 23.6 Å². The van der Waals surface area contributed by atoms with Crippen molar-refractivity contribution in [1.29, 1.82) is 0 Å². The van der Waals surface area contributed by atoms with E-state index in [1.54, 1.807) is 0 Å². The molecule has 0 saturated heterocycles. The minimum Gasteiger partial charge on any atom is -0.832 e. The summed E-state index contributed by atoms with van der Waals surface area (Å²) in [5, 5.41) is 38.7. The van der Waals surface area contributed by atoms with Crippen molar-refractivity contribution < 1.29 is 53.7 Å². The van der Waals surface area contributed by atoms with Crippen molar-refractivity contribution in [3.63, 3.8) is 0 Å². The molecule has 0 aliphatic carbocycles. The van der Waals surface area contributed by atoms with Crippen LogP contribution < -0.4 is 23.9 Å². The van der Waals surface area contributed by atoms with Gasteiger partial charge in [-0.05, 0) is 0 Å². The molecular formula is C3H4BCl2LiO7. The predicted molar refractivity (Wildman–Crippen MR) is 39.9 cm³/mol. The van der Waals surface area contributed by atoms with Crippen molar-refractivity contribution in [2.45, 2.75) is 4.33 Å². The van der Waals surface area contributed by atoms with E-state index in [2.05, 4.69) is 0 Å². The Balaban J connectivity index is -0.000000209. The average Bonchev–Trinajstić information content (AvgIpc) is 1.85. The van der Waals surface area contributed by atoms with Gasteiger partial charge in [0.15, 0.2) is 0 Å². The van der Waals surface area contributed by atoms with Crippen molar-refractivity contribution in [3.8, 4) is 0 Å². The van der Waals surface area contributed by atoms with E-state index in [0.29, 0.717) is 0 Å². The van der Waals surface area contributed by atoms with E-state index in [4.69, 9.17) is 48.5 Å². The van der Waals surface area contributed by atoms with Crippen LogP contribution in [0.4, 0.5) is 0 Å². The minimum absolute atomic E-state index is 0. The van der Waals surface area contributed by atoms with Gasteiger partial charge in [0, 0.05) is 0 Å². The fourth-order valence-corrected chi connectivity index (χ4v) is 0.0915. The molecule has 0 saturated carbocycles. The normalized spacial score (nSPS) is 8.93. The van der Waals surface area contributed by atoms with Gasteiger partial charge in [-0.3, -0.25) is 0 Å². The van der Waals surface area contributed by atoms with Gasteiger partial charge in [0.05, 0.1) is 0 Å². The first kappa shape index (κ1) is 19.6. The summed E-state index contributed by atoms with van der Waals surface area (Å²) in [5.41, 5.74) is 0. The monoisotopic (exact) mass is 240 g/mol. The zero-order valence-corrected chi connectivity index (χ0v) is 8.36. The van der Waals surface area contributed by atoms with Crippen LogP contribution in [0.1, 0.15) is 0 Å². The fourth-order valence-electron chi connectivity index (χ4n) is 0.0915. The molecule has 14 heavy (non-hydrogen) atoms. The Kier molecular flexibility index (Phi) is 11.7. The third-order valence-electron chi connectivity index (χ3n) is 0.537. The minimum atomic E-state index is -2.72. The molecule has 0 rings (SSSR count). The molecule has 0 aromatic heterocycles. The number of aliphatic carboxylic acids is 2. The van der Waals surface area contributed by atoms with Gasteiger partial charge >= 0.3 is 42.5 Å². The van der Waals surface area contributed by atoms with Crippen molar-refractivity contribution in [2.75, 3.05) is 0 Å². The van der Waals surface area contributed by atoms with Crippen molar-refractivity contribution >= 4 is 42.5 Å². The number of hydrogen-bond acceptors (Lipinski definition) is 5. The quantitative estimate of drug-likeness (QED) is 0.215. The van der Waals surface area contributed by atoms with Crippen molar-refractivity contribution in [2.24, 2.45) is 0 Å². The van der Waals surface area contributed by atoms with E-state index in [1.807, 2.05) is 0 Å². The maximum absolute atomic E-state index is 9.82. The molecule has 0 heterocycles. The first-order chi connectivity index (χ1) is 5.62. The van der Waals surface area contributed by atoms with Gasteiger partial charge in [-0.15, -0.1) is 0 Å². The standard InChI is InChI=1S/C3H2Cl2O4.BH2O3.Li/c4-3(5,1(6)7)2(8)9;2-1(3)4;/h(H,6,7)(H,8,9);2-3H;/q;-1;+1. The Morgan fingerprint density at radius 1 is 1.14 bits per heavy atom. The maximum atomic E-state index is 9.82. The Morgan fingerprint density at radius 3 is 1.29 bits per heavy atom. The number of carbonyl (C=O) groups is 2. The van der Waals surface area contributed by atoms with Crippen LogP contribution >= 0.6 is 23.2 Å². The second kappa shape index (κ2) is 8.38. The molecule has 0 spiro atoms. The van der Waals surface area contributed by atoms with Crippen LogP contribution in [-0.4, -0.2) is 43.9 Å². The summed E-state index contributed by atoms with van der Waals surface area (Å²) < 4.78 is -2.72. The molecule has 0 fully saturated rings. The van der Waals surface area contributed by atoms with E-state index >= 15 is 0 Å². The second-order valence-electron chi connectivity index (χ2n) is 1.51. The van der Waals surface area contributed by atoms with Crippen LogP contribution in [0.5, 0.6) is 0 Å². The van der Waals surface area contributed by atoms with Gasteiger partial charge in [-0.1, -0.05) is 23.2 Å². The number of carboxylic acid groups (broad SMARTS) is 2. The predicted octanol–water partition coefficient (Wildman–Crippen LogP) is -5.35. The summed E-state index contributed by atoms with van der Waals surface area (Å²) in [5.74, 6) is -3.59. The van der Waals surface area contributed by atoms with E-state index in [1.165, 1.54) is 0 Å². The first-order valence-electron chi connectivity index (χ1n) is 2.49. The molecular weight excluding hydrogens is 237 g/mol. The van der Waals surface area contributed by atoms with Crippen LogP contribution in [0.25, 0.3) is 0 Å². The largest absolute Gasteiger partial charge is 1.00 e. The Hall–Kier alpha value is 0.0623. The molecule has 0 aliphatic heterocycles. The SMILES string of the molecule is O=C(O)C(Cl)(Cl)C(=O)O.[Li+].[O-]B(O)O. The molecule has 11 heteroatoms. The molecule has 0 bridgehead atoms. The molecule has 0 unspecified atom stereocenters. The topological polar surface area (TPSA) is 138 Å². The summed E-state index contributed by atoms with van der Waals surface area (Å²) in [4.78, 5) is 19.6. The van der Waals surface area contributed by atoms with Crippen LogP contribution in [0.2, 0.25) is 0 Å². The summed E-state index contributed by atoms with van der Waals surface area (Å²) >= 11 is 9.54. The summed E-state index contributed by atoms with van der Waals surface area (Å²) in [6, 6.07) is 0. The van der Waals surface area contributed by atoms with Gasteiger partial charge in [-0.2, -0.15) is 0 Å². The smallest absolute Gasteiger partial charge is 0.832 e. The Labute approximate surface area is 101 Å². The maximum Gasteiger partial charge on any atom is 1.00 e. The summed E-state index contributed by atoms with van der Waals surface area (Å²) in [7, 11) is -2.42. The first-order valence-corrected chi connectivity index (χ1v) is 3.24. The average molecular weight is 241 g/mol. The number of halogens is 2.